The van der Waals surface area contributed by atoms with E-state index in [1.165, 1.54) is 5.56 Å². The fourth-order valence-corrected chi connectivity index (χ4v) is 2.24. The predicted molar refractivity (Wildman–Crippen MR) is 85.5 cm³/mol. The van der Waals surface area contributed by atoms with Crippen molar-refractivity contribution < 1.29 is 4.79 Å². The molecule has 2 rings (SSSR count). The van der Waals surface area contributed by atoms with E-state index in [0.717, 1.165) is 18.7 Å². The molecular weight excluding hydrogens is 262 g/mol. The lowest BCUT2D eigenvalue weighted by molar-refractivity contribution is 0.0941. The molecule has 0 fully saturated rings. The van der Waals surface area contributed by atoms with Gasteiger partial charge in [-0.05, 0) is 31.9 Å². The first-order valence-corrected chi connectivity index (χ1v) is 7.23. The lowest BCUT2D eigenvalue weighted by atomic mass is 10.1. The zero-order chi connectivity index (χ0) is 15.1. The molecule has 0 bridgehead atoms. The molecule has 4 nitrogen and oxygen atoms in total. The van der Waals surface area contributed by atoms with Crippen LogP contribution in [0, 0.1) is 0 Å². The highest BCUT2D eigenvalue weighted by Gasteiger charge is 2.13. The second kappa shape index (κ2) is 7.43. The number of nitrogens with one attached hydrogen (secondary N) is 2. The number of aromatic nitrogens is 1. The number of carbonyl (C=O) groups excluding carboxylic acids is 1. The van der Waals surface area contributed by atoms with Crippen molar-refractivity contribution >= 4 is 11.6 Å². The molecule has 0 saturated carbocycles. The maximum absolute atomic E-state index is 12.4. The third-order valence-corrected chi connectivity index (χ3v) is 3.20. The molecule has 0 spiro atoms. The highest BCUT2D eigenvalue weighted by atomic mass is 16.1. The molecule has 1 amide bonds. The second-order valence-corrected chi connectivity index (χ2v) is 5.02. The van der Waals surface area contributed by atoms with Crippen LogP contribution in [-0.4, -0.2) is 23.5 Å². The molecule has 4 heteroatoms. The van der Waals surface area contributed by atoms with Gasteiger partial charge in [0.25, 0.3) is 5.91 Å². The van der Waals surface area contributed by atoms with E-state index in [-0.39, 0.29) is 11.9 Å². The summed E-state index contributed by atoms with van der Waals surface area (Å²) < 4.78 is 0. The smallest absolute Gasteiger partial charge is 0.253 e. The highest BCUT2D eigenvalue weighted by Crippen LogP contribution is 2.13. The Morgan fingerprint density at radius 2 is 2.00 bits per heavy atom. The fraction of sp³-hybridized carbons (Fsp3) is 0.294. The molecule has 2 N–H and O–H groups in total. The van der Waals surface area contributed by atoms with Crippen LogP contribution in [0.3, 0.4) is 0 Å². The third-order valence-electron chi connectivity index (χ3n) is 3.20. The van der Waals surface area contributed by atoms with Gasteiger partial charge in [0.1, 0.15) is 0 Å². The standard InChI is InChI=1S/C17H21N3O/c1-3-19-16-12-18-10-9-15(16)17(21)20-13(2)11-14-7-5-4-6-8-14/h4-10,12-13,19H,3,11H2,1-2H3,(H,20,21). The molecule has 1 unspecified atom stereocenters. The van der Waals surface area contributed by atoms with Crippen LogP contribution in [0.5, 0.6) is 0 Å². The third kappa shape index (κ3) is 4.31. The van der Waals surface area contributed by atoms with Gasteiger partial charge in [-0.2, -0.15) is 0 Å². The maximum atomic E-state index is 12.4. The van der Waals surface area contributed by atoms with E-state index in [1.807, 2.05) is 32.0 Å². The van der Waals surface area contributed by atoms with Gasteiger partial charge in [0.05, 0.1) is 17.4 Å². The van der Waals surface area contributed by atoms with Crippen LogP contribution >= 0.6 is 0 Å². The monoisotopic (exact) mass is 283 g/mol. The van der Waals surface area contributed by atoms with Crippen molar-refractivity contribution in [3.05, 3.63) is 59.9 Å². The minimum absolute atomic E-state index is 0.0718. The van der Waals surface area contributed by atoms with E-state index in [9.17, 15) is 4.79 Å². The Labute approximate surface area is 125 Å². The zero-order valence-electron chi connectivity index (χ0n) is 12.5. The van der Waals surface area contributed by atoms with Gasteiger partial charge in [0.2, 0.25) is 0 Å². The van der Waals surface area contributed by atoms with Crippen molar-refractivity contribution in [3.8, 4) is 0 Å². The van der Waals surface area contributed by atoms with Crippen molar-refractivity contribution in [1.82, 2.24) is 10.3 Å². The van der Waals surface area contributed by atoms with Gasteiger partial charge in [-0.1, -0.05) is 30.3 Å². The van der Waals surface area contributed by atoms with Gasteiger partial charge in [-0.3, -0.25) is 9.78 Å². The summed E-state index contributed by atoms with van der Waals surface area (Å²) in [6.07, 6.45) is 4.13. The van der Waals surface area contributed by atoms with Crippen molar-refractivity contribution in [2.75, 3.05) is 11.9 Å². The van der Waals surface area contributed by atoms with Crippen LogP contribution in [0.2, 0.25) is 0 Å². The van der Waals surface area contributed by atoms with Gasteiger partial charge in [0.15, 0.2) is 0 Å². The van der Waals surface area contributed by atoms with Crippen LogP contribution < -0.4 is 10.6 Å². The van der Waals surface area contributed by atoms with Crippen LogP contribution in [-0.2, 0) is 6.42 Å². The summed E-state index contributed by atoms with van der Waals surface area (Å²) >= 11 is 0. The van der Waals surface area contributed by atoms with E-state index in [1.54, 1.807) is 18.5 Å². The van der Waals surface area contributed by atoms with Gasteiger partial charge >= 0.3 is 0 Å². The Balaban J connectivity index is 2.01. The summed E-state index contributed by atoms with van der Waals surface area (Å²) in [5, 5.41) is 6.19. The van der Waals surface area contributed by atoms with Gasteiger partial charge in [-0.15, -0.1) is 0 Å². The first kappa shape index (κ1) is 15.0. The Bertz CT molecular complexity index is 584. The Morgan fingerprint density at radius 3 is 2.71 bits per heavy atom. The predicted octanol–water partition coefficient (Wildman–Crippen LogP) is 2.87. The quantitative estimate of drug-likeness (QED) is 0.857. The van der Waals surface area contributed by atoms with E-state index < -0.39 is 0 Å². The topological polar surface area (TPSA) is 54.0 Å². The maximum Gasteiger partial charge on any atom is 0.253 e. The lowest BCUT2D eigenvalue weighted by Crippen LogP contribution is -2.34. The van der Waals surface area contributed by atoms with Gasteiger partial charge in [-0.25, -0.2) is 0 Å². The molecule has 0 saturated heterocycles. The number of rotatable bonds is 6. The van der Waals surface area contributed by atoms with Gasteiger partial charge < -0.3 is 10.6 Å². The molecule has 110 valence electrons. The number of hydrogen-bond acceptors (Lipinski definition) is 3. The Morgan fingerprint density at radius 1 is 1.24 bits per heavy atom. The first-order chi connectivity index (χ1) is 10.2. The van der Waals surface area contributed by atoms with Crippen LogP contribution in [0.4, 0.5) is 5.69 Å². The van der Waals surface area contributed by atoms with Crippen LogP contribution in [0.15, 0.2) is 48.8 Å². The highest BCUT2D eigenvalue weighted by molar-refractivity contribution is 5.99. The summed E-state index contributed by atoms with van der Waals surface area (Å²) in [4.78, 5) is 16.4. The minimum Gasteiger partial charge on any atom is -0.383 e. The molecule has 1 heterocycles. The Kier molecular flexibility index (Phi) is 5.32. The van der Waals surface area contributed by atoms with E-state index in [0.29, 0.717) is 5.56 Å². The normalized spacial score (nSPS) is 11.7. The van der Waals surface area contributed by atoms with Crippen LogP contribution in [0.1, 0.15) is 29.8 Å². The Hall–Kier alpha value is -2.36. The van der Waals surface area contributed by atoms with E-state index in [2.05, 4.69) is 27.8 Å². The molecule has 0 aliphatic carbocycles. The molecule has 0 aliphatic rings. The van der Waals surface area contributed by atoms with Crippen LogP contribution in [0.25, 0.3) is 0 Å². The molecule has 21 heavy (non-hydrogen) atoms. The molecule has 0 radical (unpaired) electrons. The van der Waals surface area contributed by atoms with Crippen molar-refractivity contribution in [2.45, 2.75) is 26.3 Å². The van der Waals surface area contributed by atoms with Crippen molar-refractivity contribution in [1.29, 1.82) is 0 Å². The first-order valence-electron chi connectivity index (χ1n) is 7.23. The molecular formula is C17H21N3O. The molecule has 2 aromatic rings. The average Bonchev–Trinajstić information content (AvgIpc) is 2.49. The fourth-order valence-electron chi connectivity index (χ4n) is 2.24. The summed E-state index contributed by atoms with van der Waals surface area (Å²) in [6, 6.07) is 12.0. The van der Waals surface area contributed by atoms with Crippen molar-refractivity contribution in [2.24, 2.45) is 0 Å². The molecule has 1 aromatic carbocycles. The number of hydrogen-bond donors (Lipinski definition) is 2. The second-order valence-electron chi connectivity index (χ2n) is 5.02. The van der Waals surface area contributed by atoms with E-state index >= 15 is 0 Å². The summed E-state index contributed by atoms with van der Waals surface area (Å²) in [5.41, 5.74) is 2.61. The number of pyridine rings is 1. The minimum atomic E-state index is -0.0724. The van der Waals surface area contributed by atoms with Gasteiger partial charge in [0, 0.05) is 18.8 Å². The number of benzene rings is 1. The summed E-state index contributed by atoms with van der Waals surface area (Å²) in [7, 11) is 0. The number of nitrogens with zero attached hydrogens (tertiary/aromatic N) is 1. The van der Waals surface area contributed by atoms with Crippen molar-refractivity contribution in [3.63, 3.8) is 0 Å². The number of carbonyl (C=O) groups is 1. The SMILES string of the molecule is CCNc1cnccc1C(=O)NC(C)Cc1ccccc1. The average molecular weight is 283 g/mol. The van der Waals surface area contributed by atoms with E-state index in [4.69, 9.17) is 0 Å². The molecule has 1 atom stereocenters. The zero-order valence-corrected chi connectivity index (χ0v) is 12.5. The molecule has 1 aromatic heterocycles. The lowest BCUT2D eigenvalue weighted by Gasteiger charge is -2.16. The summed E-state index contributed by atoms with van der Waals surface area (Å²) in [5.74, 6) is -0.0724. The largest absolute Gasteiger partial charge is 0.383 e. The summed E-state index contributed by atoms with van der Waals surface area (Å²) in [6.45, 7) is 4.76. The number of amides is 1. The number of anilines is 1. The molecule has 0 aliphatic heterocycles.